The van der Waals surface area contributed by atoms with Crippen LogP contribution in [0.5, 0.6) is 0 Å². The van der Waals surface area contributed by atoms with Crippen molar-refractivity contribution in [3.63, 3.8) is 0 Å². The fourth-order valence-electron chi connectivity index (χ4n) is 3.04. The Morgan fingerprint density at radius 1 is 1.22 bits per heavy atom. The van der Waals surface area contributed by atoms with Crippen LogP contribution >= 0.6 is 0 Å². The highest BCUT2D eigenvalue weighted by atomic mass is 16.5. The van der Waals surface area contributed by atoms with E-state index in [2.05, 4.69) is 17.4 Å². The number of furan rings is 1. The van der Waals surface area contributed by atoms with Crippen LogP contribution in [-0.2, 0) is 4.74 Å². The maximum atomic E-state index is 11.6. The Labute approximate surface area is 136 Å². The Hall–Kier alpha value is -2.27. The average Bonchev–Trinajstić information content (AvgIpc) is 3.14. The Morgan fingerprint density at radius 3 is 2.57 bits per heavy atom. The molecule has 3 rings (SSSR count). The van der Waals surface area contributed by atoms with Crippen molar-refractivity contribution in [3.8, 4) is 0 Å². The van der Waals surface area contributed by atoms with Gasteiger partial charge in [-0.2, -0.15) is 0 Å². The molecule has 1 saturated heterocycles. The van der Waals surface area contributed by atoms with Crippen molar-refractivity contribution in [2.75, 3.05) is 20.2 Å². The number of carbonyl (C=O) groups excluding carboxylic acids is 1. The van der Waals surface area contributed by atoms with Crippen molar-refractivity contribution in [2.24, 2.45) is 0 Å². The summed E-state index contributed by atoms with van der Waals surface area (Å²) in [5, 5.41) is 3.68. The van der Waals surface area contributed by atoms with Gasteiger partial charge in [-0.25, -0.2) is 4.79 Å². The SMILES string of the molecule is COC(=O)N1CCC(N[C@H](c2ccccc2)c2ccco2)CC1. The molecular weight excluding hydrogens is 292 g/mol. The monoisotopic (exact) mass is 314 g/mol. The van der Waals surface area contributed by atoms with E-state index in [1.54, 1.807) is 11.2 Å². The molecule has 122 valence electrons. The number of ether oxygens (including phenoxy) is 1. The van der Waals surface area contributed by atoms with E-state index in [9.17, 15) is 4.79 Å². The summed E-state index contributed by atoms with van der Waals surface area (Å²) in [6, 6.07) is 14.6. The van der Waals surface area contributed by atoms with E-state index in [1.165, 1.54) is 12.7 Å². The van der Waals surface area contributed by atoms with Crippen molar-refractivity contribution in [1.82, 2.24) is 10.2 Å². The molecule has 1 fully saturated rings. The molecule has 1 amide bonds. The quantitative estimate of drug-likeness (QED) is 0.941. The highest BCUT2D eigenvalue weighted by molar-refractivity contribution is 5.67. The fourth-order valence-corrected chi connectivity index (χ4v) is 3.04. The van der Waals surface area contributed by atoms with Gasteiger partial charge in [0.05, 0.1) is 19.4 Å². The van der Waals surface area contributed by atoms with Crippen LogP contribution in [0.25, 0.3) is 0 Å². The molecule has 1 aromatic carbocycles. The molecule has 2 aromatic rings. The lowest BCUT2D eigenvalue weighted by Gasteiger charge is -2.33. The van der Waals surface area contributed by atoms with Gasteiger partial charge in [0.15, 0.2) is 0 Å². The van der Waals surface area contributed by atoms with Crippen LogP contribution in [0.1, 0.15) is 30.2 Å². The summed E-state index contributed by atoms with van der Waals surface area (Å²) in [4.78, 5) is 13.3. The number of methoxy groups -OCH3 is 1. The predicted molar refractivity (Wildman–Crippen MR) is 87.1 cm³/mol. The summed E-state index contributed by atoms with van der Waals surface area (Å²) in [5.41, 5.74) is 1.18. The van der Waals surface area contributed by atoms with E-state index in [4.69, 9.17) is 9.15 Å². The number of carbonyl (C=O) groups is 1. The minimum absolute atomic E-state index is 0.0286. The zero-order valence-corrected chi connectivity index (χ0v) is 13.3. The van der Waals surface area contributed by atoms with Gasteiger partial charge in [-0.15, -0.1) is 0 Å². The first kappa shape index (κ1) is 15.6. The Balaban J connectivity index is 1.68. The maximum Gasteiger partial charge on any atom is 0.409 e. The van der Waals surface area contributed by atoms with Gasteiger partial charge >= 0.3 is 6.09 Å². The van der Waals surface area contributed by atoms with E-state index in [-0.39, 0.29) is 12.1 Å². The summed E-state index contributed by atoms with van der Waals surface area (Å²) >= 11 is 0. The van der Waals surface area contributed by atoms with E-state index in [1.807, 2.05) is 30.3 Å². The van der Waals surface area contributed by atoms with Crippen molar-refractivity contribution < 1.29 is 13.9 Å². The Bertz CT molecular complexity index is 604. The second kappa shape index (κ2) is 7.33. The standard InChI is InChI=1S/C18H22N2O3/c1-22-18(21)20-11-9-15(10-12-20)19-17(16-8-5-13-23-16)14-6-3-2-4-7-14/h2-8,13,15,17,19H,9-12H2,1H3/t17-/m1/s1. The van der Waals surface area contributed by atoms with Crippen LogP contribution in [0.2, 0.25) is 0 Å². The molecule has 23 heavy (non-hydrogen) atoms. The van der Waals surface area contributed by atoms with Gasteiger partial charge in [-0.05, 0) is 30.5 Å². The molecule has 0 saturated carbocycles. The van der Waals surface area contributed by atoms with Crippen LogP contribution in [0.3, 0.4) is 0 Å². The number of amides is 1. The summed E-state index contributed by atoms with van der Waals surface area (Å²) < 4.78 is 10.4. The topological polar surface area (TPSA) is 54.7 Å². The molecule has 1 aromatic heterocycles. The van der Waals surface area contributed by atoms with Crippen LogP contribution in [0.15, 0.2) is 53.1 Å². The number of piperidine rings is 1. The molecule has 0 radical (unpaired) electrons. The molecule has 0 aliphatic carbocycles. The Morgan fingerprint density at radius 2 is 1.96 bits per heavy atom. The first-order valence-electron chi connectivity index (χ1n) is 7.95. The smallest absolute Gasteiger partial charge is 0.409 e. The minimum atomic E-state index is -0.242. The summed E-state index contributed by atoms with van der Waals surface area (Å²) in [5.74, 6) is 0.909. The predicted octanol–water partition coefficient (Wildman–Crippen LogP) is 3.19. The lowest BCUT2D eigenvalue weighted by Crippen LogP contribution is -2.45. The van der Waals surface area contributed by atoms with Crippen LogP contribution < -0.4 is 5.32 Å². The lowest BCUT2D eigenvalue weighted by molar-refractivity contribution is 0.109. The number of nitrogens with zero attached hydrogens (tertiary/aromatic N) is 1. The van der Waals surface area contributed by atoms with E-state index >= 15 is 0 Å². The first-order chi connectivity index (χ1) is 11.3. The number of benzene rings is 1. The molecule has 1 N–H and O–H groups in total. The van der Waals surface area contributed by atoms with E-state index in [0.717, 1.165) is 18.6 Å². The van der Waals surface area contributed by atoms with Gasteiger partial charge in [0.2, 0.25) is 0 Å². The second-order valence-electron chi connectivity index (χ2n) is 5.76. The summed E-state index contributed by atoms with van der Waals surface area (Å²) in [6.07, 6.45) is 3.26. The van der Waals surface area contributed by atoms with Crippen molar-refractivity contribution >= 4 is 6.09 Å². The van der Waals surface area contributed by atoms with Crippen LogP contribution in [0.4, 0.5) is 4.79 Å². The third kappa shape index (κ3) is 3.74. The van der Waals surface area contributed by atoms with Crippen molar-refractivity contribution in [3.05, 3.63) is 60.1 Å². The van der Waals surface area contributed by atoms with Gasteiger partial charge in [-0.3, -0.25) is 0 Å². The number of nitrogens with one attached hydrogen (secondary N) is 1. The number of hydrogen-bond acceptors (Lipinski definition) is 4. The Kier molecular flexibility index (Phi) is 4.98. The average molecular weight is 314 g/mol. The van der Waals surface area contributed by atoms with Gasteiger partial charge in [-0.1, -0.05) is 30.3 Å². The molecule has 0 unspecified atom stereocenters. The molecule has 0 spiro atoms. The fraction of sp³-hybridized carbons (Fsp3) is 0.389. The molecule has 0 bridgehead atoms. The zero-order chi connectivity index (χ0) is 16.1. The zero-order valence-electron chi connectivity index (χ0n) is 13.3. The molecule has 5 nitrogen and oxygen atoms in total. The number of rotatable bonds is 4. The van der Waals surface area contributed by atoms with E-state index < -0.39 is 0 Å². The molecule has 1 aliphatic heterocycles. The van der Waals surface area contributed by atoms with Crippen molar-refractivity contribution in [1.29, 1.82) is 0 Å². The maximum absolute atomic E-state index is 11.6. The molecule has 1 aliphatic rings. The number of hydrogen-bond donors (Lipinski definition) is 1. The van der Waals surface area contributed by atoms with Crippen LogP contribution in [-0.4, -0.2) is 37.2 Å². The van der Waals surface area contributed by atoms with Gasteiger partial charge in [0, 0.05) is 19.1 Å². The highest BCUT2D eigenvalue weighted by Gasteiger charge is 2.26. The molecular formula is C18H22N2O3. The number of likely N-dealkylation sites (tertiary alicyclic amines) is 1. The third-order valence-corrected chi connectivity index (χ3v) is 4.29. The van der Waals surface area contributed by atoms with Gasteiger partial charge < -0.3 is 19.4 Å². The third-order valence-electron chi connectivity index (χ3n) is 4.29. The first-order valence-corrected chi connectivity index (χ1v) is 7.95. The van der Waals surface area contributed by atoms with Crippen LogP contribution in [0, 0.1) is 0 Å². The molecule has 5 heteroatoms. The highest BCUT2D eigenvalue weighted by Crippen LogP contribution is 2.25. The lowest BCUT2D eigenvalue weighted by atomic mass is 9.99. The largest absolute Gasteiger partial charge is 0.467 e. The van der Waals surface area contributed by atoms with Crippen molar-refractivity contribution in [2.45, 2.75) is 24.9 Å². The van der Waals surface area contributed by atoms with Gasteiger partial charge in [0.1, 0.15) is 5.76 Å². The normalized spacial score (nSPS) is 17.0. The second-order valence-corrected chi connectivity index (χ2v) is 5.76. The molecule has 2 heterocycles. The molecule has 1 atom stereocenters. The minimum Gasteiger partial charge on any atom is -0.467 e. The summed E-state index contributed by atoms with van der Waals surface area (Å²) in [6.45, 7) is 1.42. The van der Waals surface area contributed by atoms with E-state index in [0.29, 0.717) is 19.1 Å². The summed E-state index contributed by atoms with van der Waals surface area (Å²) in [7, 11) is 1.43. The van der Waals surface area contributed by atoms with Gasteiger partial charge in [0.25, 0.3) is 0 Å².